The number of amides is 2. The molecule has 2 aromatic rings. The first-order chi connectivity index (χ1) is 12.5. The number of phenolic OH excluding ortho intramolecular Hbond substituents is 1. The van der Waals surface area contributed by atoms with Crippen LogP contribution in [0.15, 0.2) is 42.5 Å². The molecule has 3 rings (SSSR count). The Bertz CT molecular complexity index is 821. The Morgan fingerprint density at radius 2 is 1.85 bits per heavy atom. The fourth-order valence-electron chi connectivity index (χ4n) is 3.09. The molecule has 1 fully saturated rings. The number of benzene rings is 2. The largest absolute Gasteiger partial charge is 0.508 e. The lowest BCUT2D eigenvalue weighted by molar-refractivity contribution is -0.125. The highest BCUT2D eigenvalue weighted by molar-refractivity contribution is 6.35. The second-order valence-electron chi connectivity index (χ2n) is 6.16. The summed E-state index contributed by atoms with van der Waals surface area (Å²) in [6.45, 7) is 0.699. The average Bonchev–Trinajstić information content (AvgIpc) is 3.09. The molecule has 7 heteroatoms. The van der Waals surface area contributed by atoms with Gasteiger partial charge in [0.1, 0.15) is 11.8 Å². The van der Waals surface area contributed by atoms with E-state index in [1.807, 2.05) is 0 Å². The second-order valence-corrected chi connectivity index (χ2v) is 7.03. The van der Waals surface area contributed by atoms with E-state index in [9.17, 15) is 14.7 Å². The molecular weight excluding hydrogens is 375 g/mol. The Kier molecular flexibility index (Phi) is 5.69. The van der Waals surface area contributed by atoms with E-state index in [0.29, 0.717) is 34.1 Å². The zero-order chi connectivity index (χ0) is 18.7. The van der Waals surface area contributed by atoms with Gasteiger partial charge in [-0.05, 0) is 37.1 Å². The topological polar surface area (TPSA) is 69.6 Å². The molecule has 1 aliphatic heterocycles. The molecule has 0 bridgehead atoms. The Balaban J connectivity index is 1.70. The van der Waals surface area contributed by atoms with Gasteiger partial charge in [0.25, 0.3) is 5.91 Å². The van der Waals surface area contributed by atoms with Gasteiger partial charge in [-0.2, -0.15) is 0 Å². The van der Waals surface area contributed by atoms with Crippen molar-refractivity contribution in [3.8, 4) is 5.75 Å². The van der Waals surface area contributed by atoms with Crippen LogP contribution in [0.25, 0.3) is 0 Å². The Morgan fingerprint density at radius 3 is 2.54 bits per heavy atom. The van der Waals surface area contributed by atoms with Crippen molar-refractivity contribution in [3.05, 3.63) is 63.6 Å². The van der Waals surface area contributed by atoms with Crippen LogP contribution in [0.5, 0.6) is 5.75 Å². The normalized spacial score (nSPS) is 16.5. The molecule has 0 aromatic heterocycles. The lowest BCUT2D eigenvalue weighted by Gasteiger charge is -2.24. The third kappa shape index (κ3) is 4.11. The summed E-state index contributed by atoms with van der Waals surface area (Å²) >= 11 is 11.9. The van der Waals surface area contributed by atoms with Gasteiger partial charge in [0.2, 0.25) is 5.91 Å². The van der Waals surface area contributed by atoms with Crippen LogP contribution in [-0.4, -0.2) is 34.4 Å². The number of carbonyl (C=O) groups excluding carboxylic acids is 2. The number of halogens is 2. The van der Waals surface area contributed by atoms with Crippen molar-refractivity contribution < 1.29 is 14.7 Å². The minimum atomic E-state index is -0.550. The molecule has 1 heterocycles. The van der Waals surface area contributed by atoms with Gasteiger partial charge in [-0.3, -0.25) is 9.59 Å². The number of carbonyl (C=O) groups is 2. The van der Waals surface area contributed by atoms with Gasteiger partial charge in [-0.25, -0.2) is 0 Å². The standard InChI is InChI=1S/C19H18Cl2N2O3/c20-14-8-13(9-15(21)10-14)19(26)23-7-3-5-16(23)18(25)22-11-12-4-1-2-6-17(12)24/h1-2,4,6,8-10,16,24H,3,5,7,11H2,(H,22,25). The van der Waals surface area contributed by atoms with Gasteiger partial charge < -0.3 is 15.3 Å². The number of rotatable bonds is 4. The molecular formula is C19H18Cl2N2O3. The molecule has 1 aliphatic rings. The van der Waals surface area contributed by atoms with E-state index in [2.05, 4.69) is 5.32 Å². The number of phenols is 1. The van der Waals surface area contributed by atoms with Crippen molar-refractivity contribution in [1.29, 1.82) is 0 Å². The van der Waals surface area contributed by atoms with Crippen LogP contribution in [0.4, 0.5) is 0 Å². The SMILES string of the molecule is O=C(NCc1ccccc1O)C1CCCN1C(=O)c1cc(Cl)cc(Cl)c1. The van der Waals surface area contributed by atoms with Crippen LogP contribution in [0.3, 0.4) is 0 Å². The molecule has 26 heavy (non-hydrogen) atoms. The van der Waals surface area contributed by atoms with Crippen LogP contribution in [-0.2, 0) is 11.3 Å². The van der Waals surface area contributed by atoms with Crippen molar-refractivity contribution in [3.63, 3.8) is 0 Å². The molecule has 1 unspecified atom stereocenters. The maximum absolute atomic E-state index is 12.8. The third-order valence-electron chi connectivity index (χ3n) is 4.37. The van der Waals surface area contributed by atoms with E-state index in [1.165, 1.54) is 0 Å². The van der Waals surface area contributed by atoms with Crippen molar-refractivity contribution in [2.45, 2.75) is 25.4 Å². The number of aromatic hydroxyl groups is 1. The van der Waals surface area contributed by atoms with E-state index < -0.39 is 6.04 Å². The molecule has 0 saturated carbocycles. The lowest BCUT2D eigenvalue weighted by atomic mass is 10.1. The number of para-hydroxylation sites is 1. The Hall–Kier alpha value is -2.24. The van der Waals surface area contributed by atoms with Crippen LogP contribution in [0, 0.1) is 0 Å². The van der Waals surface area contributed by atoms with Crippen LogP contribution < -0.4 is 5.32 Å². The van der Waals surface area contributed by atoms with Crippen LogP contribution in [0.1, 0.15) is 28.8 Å². The van der Waals surface area contributed by atoms with E-state index in [1.54, 1.807) is 47.4 Å². The van der Waals surface area contributed by atoms with Crippen molar-refractivity contribution in [1.82, 2.24) is 10.2 Å². The molecule has 0 radical (unpaired) electrons. The summed E-state index contributed by atoms with van der Waals surface area (Å²) < 4.78 is 0. The summed E-state index contributed by atoms with van der Waals surface area (Å²) in [6.07, 6.45) is 1.33. The molecule has 0 aliphatic carbocycles. The van der Waals surface area contributed by atoms with E-state index in [0.717, 1.165) is 6.42 Å². The predicted molar refractivity (Wildman–Crippen MR) is 100 cm³/mol. The average molecular weight is 393 g/mol. The van der Waals surface area contributed by atoms with Crippen molar-refractivity contribution in [2.75, 3.05) is 6.54 Å². The van der Waals surface area contributed by atoms with Gasteiger partial charge in [-0.1, -0.05) is 41.4 Å². The number of nitrogens with zero attached hydrogens (tertiary/aromatic N) is 1. The Labute approximate surface area is 161 Å². The molecule has 2 N–H and O–H groups in total. The number of nitrogens with one attached hydrogen (secondary N) is 1. The van der Waals surface area contributed by atoms with E-state index in [-0.39, 0.29) is 24.1 Å². The molecule has 1 atom stereocenters. The fourth-order valence-corrected chi connectivity index (χ4v) is 3.61. The first-order valence-corrected chi connectivity index (χ1v) is 9.03. The summed E-state index contributed by atoms with van der Waals surface area (Å²) in [4.78, 5) is 26.9. The minimum absolute atomic E-state index is 0.126. The van der Waals surface area contributed by atoms with Crippen molar-refractivity contribution >= 4 is 35.0 Å². The van der Waals surface area contributed by atoms with Gasteiger partial charge >= 0.3 is 0 Å². The highest BCUT2D eigenvalue weighted by Gasteiger charge is 2.34. The minimum Gasteiger partial charge on any atom is -0.508 e. The second kappa shape index (κ2) is 7.98. The summed E-state index contributed by atoms with van der Waals surface area (Å²) in [7, 11) is 0. The number of hydrogen-bond donors (Lipinski definition) is 2. The van der Waals surface area contributed by atoms with Gasteiger partial charge in [0.15, 0.2) is 0 Å². The van der Waals surface area contributed by atoms with E-state index in [4.69, 9.17) is 23.2 Å². The first-order valence-electron chi connectivity index (χ1n) is 8.27. The first kappa shape index (κ1) is 18.5. The zero-order valence-electron chi connectivity index (χ0n) is 13.9. The quantitative estimate of drug-likeness (QED) is 0.834. The van der Waals surface area contributed by atoms with Gasteiger partial charge in [0.05, 0.1) is 0 Å². The highest BCUT2D eigenvalue weighted by atomic mass is 35.5. The maximum atomic E-state index is 12.8. The smallest absolute Gasteiger partial charge is 0.254 e. The van der Waals surface area contributed by atoms with Crippen LogP contribution >= 0.6 is 23.2 Å². The predicted octanol–water partition coefficient (Wildman–Crippen LogP) is 3.62. The van der Waals surface area contributed by atoms with Crippen molar-refractivity contribution in [2.24, 2.45) is 0 Å². The van der Waals surface area contributed by atoms with Gasteiger partial charge in [-0.15, -0.1) is 0 Å². The molecule has 136 valence electrons. The van der Waals surface area contributed by atoms with Gasteiger partial charge in [0, 0.05) is 34.3 Å². The van der Waals surface area contributed by atoms with Crippen LogP contribution in [0.2, 0.25) is 10.0 Å². The zero-order valence-corrected chi connectivity index (χ0v) is 15.4. The molecule has 2 aromatic carbocycles. The van der Waals surface area contributed by atoms with E-state index >= 15 is 0 Å². The summed E-state index contributed by atoms with van der Waals surface area (Å²) in [5.41, 5.74) is 0.987. The monoisotopic (exact) mass is 392 g/mol. The summed E-state index contributed by atoms with van der Waals surface area (Å²) in [6, 6.07) is 10.9. The summed E-state index contributed by atoms with van der Waals surface area (Å²) in [5.74, 6) is -0.387. The Morgan fingerprint density at radius 1 is 1.15 bits per heavy atom. The molecule has 1 saturated heterocycles. The number of likely N-dealkylation sites (tertiary alicyclic amines) is 1. The third-order valence-corrected chi connectivity index (χ3v) is 4.81. The molecule has 5 nitrogen and oxygen atoms in total. The molecule has 2 amide bonds. The maximum Gasteiger partial charge on any atom is 0.254 e. The summed E-state index contributed by atoms with van der Waals surface area (Å²) in [5, 5.41) is 13.3. The lowest BCUT2D eigenvalue weighted by Crippen LogP contribution is -2.45. The number of hydrogen-bond acceptors (Lipinski definition) is 3. The molecule has 0 spiro atoms. The highest BCUT2D eigenvalue weighted by Crippen LogP contribution is 2.25. The fraction of sp³-hybridized carbons (Fsp3) is 0.263.